The van der Waals surface area contributed by atoms with E-state index in [0.29, 0.717) is 6.04 Å². The summed E-state index contributed by atoms with van der Waals surface area (Å²) < 4.78 is 4.98. The Labute approximate surface area is 99.3 Å². The van der Waals surface area contributed by atoms with Crippen LogP contribution in [0.5, 0.6) is 0 Å². The number of H-pyrrole nitrogens is 1. The second-order valence-corrected chi connectivity index (χ2v) is 5.17. The predicted octanol–water partition coefficient (Wildman–Crippen LogP) is 2.71. The van der Waals surface area contributed by atoms with Gasteiger partial charge in [0.1, 0.15) is 5.52 Å². The van der Waals surface area contributed by atoms with Gasteiger partial charge in [0.05, 0.1) is 5.69 Å². The fourth-order valence-corrected chi connectivity index (χ4v) is 2.85. The number of aromatic nitrogens is 4. The second-order valence-electron chi connectivity index (χ2n) is 4.79. The van der Waals surface area contributed by atoms with Crippen molar-refractivity contribution in [2.24, 2.45) is 13.0 Å². The number of aromatic amines is 1. The van der Waals surface area contributed by atoms with E-state index < -0.39 is 0 Å². The Hall–Kier alpha value is -1.10. The fraction of sp³-hybridized carbons (Fsp3) is 0.636. The van der Waals surface area contributed by atoms with Crippen molar-refractivity contribution >= 4 is 23.4 Å². The van der Waals surface area contributed by atoms with Crippen LogP contribution in [-0.4, -0.2) is 19.3 Å². The molecule has 2 aromatic rings. The number of imidazole rings is 1. The number of hydrogen-bond acceptors (Lipinski definition) is 2. The third-order valence-corrected chi connectivity index (χ3v) is 3.88. The summed E-state index contributed by atoms with van der Waals surface area (Å²) in [4.78, 5) is 3.27. The zero-order chi connectivity index (χ0) is 11.4. The first kappa shape index (κ1) is 10.1. The zero-order valence-corrected chi connectivity index (χ0v) is 10.6. The van der Waals surface area contributed by atoms with Crippen LogP contribution in [0.1, 0.15) is 31.5 Å². The number of aryl methyl sites for hydroxylation is 2. The van der Waals surface area contributed by atoms with E-state index in [9.17, 15) is 0 Å². The SMILES string of the molecule is Cc1nn(C)c2c1[nH]c(=S)n2C(C)C1CC1. The number of hydrogen-bond donors (Lipinski definition) is 1. The van der Waals surface area contributed by atoms with Crippen LogP contribution in [0.3, 0.4) is 0 Å². The third-order valence-electron chi connectivity index (χ3n) is 3.58. The second kappa shape index (κ2) is 3.20. The van der Waals surface area contributed by atoms with Gasteiger partial charge >= 0.3 is 0 Å². The van der Waals surface area contributed by atoms with Crippen LogP contribution in [0.15, 0.2) is 0 Å². The molecule has 3 rings (SSSR count). The lowest BCUT2D eigenvalue weighted by molar-refractivity contribution is 0.483. The maximum atomic E-state index is 5.42. The molecule has 0 bridgehead atoms. The lowest BCUT2D eigenvalue weighted by atomic mass is 10.2. The van der Waals surface area contributed by atoms with Crippen molar-refractivity contribution < 1.29 is 0 Å². The van der Waals surface area contributed by atoms with Gasteiger partial charge in [0.2, 0.25) is 0 Å². The molecule has 5 heteroatoms. The summed E-state index contributed by atoms with van der Waals surface area (Å²) >= 11 is 5.42. The van der Waals surface area contributed by atoms with E-state index in [2.05, 4.69) is 21.6 Å². The highest BCUT2D eigenvalue weighted by atomic mass is 32.1. The van der Waals surface area contributed by atoms with Crippen molar-refractivity contribution in [3.8, 4) is 0 Å². The van der Waals surface area contributed by atoms with E-state index in [-0.39, 0.29) is 0 Å². The highest BCUT2D eigenvalue weighted by Crippen LogP contribution is 2.40. The van der Waals surface area contributed by atoms with Crippen LogP contribution in [0.2, 0.25) is 0 Å². The first-order valence-corrected chi connectivity index (χ1v) is 6.14. The molecule has 2 heterocycles. The lowest BCUT2D eigenvalue weighted by Gasteiger charge is -2.13. The van der Waals surface area contributed by atoms with E-state index in [4.69, 9.17) is 12.2 Å². The minimum Gasteiger partial charge on any atom is -0.328 e. The topological polar surface area (TPSA) is 38.5 Å². The van der Waals surface area contributed by atoms with Crippen LogP contribution in [0.25, 0.3) is 11.2 Å². The fourth-order valence-electron chi connectivity index (χ4n) is 2.50. The lowest BCUT2D eigenvalue weighted by Crippen LogP contribution is -2.09. The molecule has 0 aliphatic heterocycles. The molecule has 1 aliphatic carbocycles. The molecule has 16 heavy (non-hydrogen) atoms. The molecular weight excluding hydrogens is 220 g/mol. The highest BCUT2D eigenvalue weighted by molar-refractivity contribution is 7.71. The first-order chi connectivity index (χ1) is 7.59. The number of nitrogens with one attached hydrogen (secondary N) is 1. The Morgan fingerprint density at radius 3 is 2.81 bits per heavy atom. The minimum absolute atomic E-state index is 0.482. The number of rotatable bonds is 2. The molecule has 1 fully saturated rings. The standard InChI is InChI=1S/C11H16N4S/c1-6-9-10(14(3)13-6)15(11(16)12-9)7(2)8-4-5-8/h7-8H,4-5H2,1-3H3,(H,12,16). The Morgan fingerprint density at radius 1 is 1.50 bits per heavy atom. The van der Waals surface area contributed by atoms with Gasteiger partial charge in [-0.15, -0.1) is 0 Å². The first-order valence-electron chi connectivity index (χ1n) is 5.73. The highest BCUT2D eigenvalue weighted by Gasteiger charge is 2.31. The minimum atomic E-state index is 0.482. The van der Waals surface area contributed by atoms with Gasteiger partial charge in [-0.1, -0.05) is 0 Å². The average Bonchev–Trinajstić information content (AvgIpc) is 2.95. The Balaban J connectivity index is 2.29. The zero-order valence-electron chi connectivity index (χ0n) is 9.82. The quantitative estimate of drug-likeness (QED) is 0.814. The van der Waals surface area contributed by atoms with Gasteiger partial charge in [0, 0.05) is 13.1 Å². The van der Waals surface area contributed by atoms with E-state index >= 15 is 0 Å². The summed E-state index contributed by atoms with van der Waals surface area (Å²) in [7, 11) is 1.98. The largest absolute Gasteiger partial charge is 0.328 e. The third kappa shape index (κ3) is 1.27. The van der Waals surface area contributed by atoms with Crippen molar-refractivity contribution in [1.29, 1.82) is 0 Å². The van der Waals surface area contributed by atoms with E-state index in [1.165, 1.54) is 12.8 Å². The summed E-state index contributed by atoms with van der Waals surface area (Å²) in [5.41, 5.74) is 3.23. The Kier molecular flexibility index (Phi) is 2.01. The Morgan fingerprint density at radius 2 is 2.19 bits per heavy atom. The summed E-state index contributed by atoms with van der Waals surface area (Å²) in [6, 6.07) is 0.482. The molecule has 1 aliphatic rings. The maximum absolute atomic E-state index is 5.42. The van der Waals surface area contributed by atoms with Crippen molar-refractivity contribution in [2.45, 2.75) is 32.7 Å². The van der Waals surface area contributed by atoms with Crippen LogP contribution in [0, 0.1) is 17.6 Å². The van der Waals surface area contributed by atoms with Gasteiger partial charge in [-0.05, 0) is 44.8 Å². The van der Waals surface area contributed by atoms with Crippen LogP contribution in [-0.2, 0) is 7.05 Å². The molecular formula is C11H16N4S. The molecule has 0 aromatic carbocycles. The molecule has 1 unspecified atom stereocenters. The van der Waals surface area contributed by atoms with Crippen molar-refractivity contribution in [3.63, 3.8) is 0 Å². The monoisotopic (exact) mass is 236 g/mol. The molecule has 1 atom stereocenters. The summed E-state index contributed by atoms with van der Waals surface area (Å²) in [5.74, 6) is 0.793. The van der Waals surface area contributed by atoms with E-state index in [0.717, 1.165) is 27.5 Å². The summed E-state index contributed by atoms with van der Waals surface area (Å²) in [6.45, 7) is 4.27. The average molecular weight is 236 g/mol. The van der Waals surface area contributed by atoms with Crippen molar-refractivity contribution in [1.82, 2.24) is 19.3 Å². The van der Waals surface area contributed by atoms with E-state index in [1.807, 2.05) is 18.7 Å². The molecule has 86 valence electrons. The van der Waals surface area contributed by atoms with Crippen LogP contribution >= 0.6 is 12.2 Å². The van der Waals surface area contributed by atoms with Gasteiger partial charge < -0.3 is 4.98 Å². The molecule has 0 radical (unpaired) electrons. The Bertz CT molecular complexity index is 599. The van der Waals surface area contributed by atoms with Gasteiger partial charge in [-0.3, -0.25) is 9.25 Å². The van der Waals surface area contributed by atoms with Crippen LogP contribution < -0.4 is 0 Å². The van der Waals surface area contributed by atoms with Gasteiger partial charge in [0.25, 0.3) is 0 Å². The van der Waals surface area contributed by atoms with Crippen LogP contribution in [0.4, 0.5) is 0 Å². The smallest absolute Gasteiger partial charge is 0.179 e. The number of nitrogens with zero attached hydrogens (tertiary/aromatic N) is 3. The van der Waals surface area contributed by atoms with Crippen molar-refractivity contribution in [3.05, 3.63) is 10.5 Å². The summed E-state index contributed by atoms with van der Waals surface area (Å²) in [5, 5.41) is 4.43. The molecule has 4 nitrogen and oxygen atoms in total. The van der Waals surface area contributed by atoms with Gasteiger partial charge in [0.15, 0.2) is 10.4 Å². The molecule has 1 N–H and O–H groups in total. The molecule has 1 saturated carbocycles. The summed E-state index contributed by atoms with van der Waals surface area (Å²) in [6.07, 6.45) is 2.65. The molecule has 0 spiro atoms. The molecule has 2 aromatic heterocycles. The normalized spacial score (nSPS) is 18.2. The van der Waals surface area contributed by atoms with E-state index in [1.54, 1.807) is 0 Å². The molecule has 0 amide bonds. The number of fused-ring (bicyclic) bond motifs is 1. The molecule has 0 saturated heterocycles. The maximum Gasteiger partial charge on any atom is 0.179 e. The van der Waals surface area contributed by atoms with Crippen molar-refractivity contribution in [2.75, 3.05) is 0 Å². The van der Waals surface area contributed by atoms with Gasteiger partial charge in [-0.2, -0.15) is 5.10 Å². The van der Waals surface area contributed by atoms with Gasteiger partial charge in [-0.25, -0.2) is 0 Å². The predicted molar refractivity (Wildman–Crippen MR) is 66.1 cm³/mol.